The van der Waals surface area contributed by atoms with Gasteiger partial charge in [-0.3, -0.25) is 9.59 Å². The molecule has 1 aliphatic carbocycles. The summed E-state index contributed by atoms with van der Waals surface area (Å²) in [6.07, 6.45) is 1.03. The van der Waals surface area contributed by atoms with Gasteiger partial charge in [-0.1, -0.05) is 6.07 Å². The van der Waals surface area contributed by atoms with Gasteiger partial charge in [0, 0.05) is 23.5 Å². The van der Waals surface area contributed by atoms with Crippen molar-refractivity contribution >= 4 is 23.2 Å². The van der Waals surface area contributed by atoms with Gasteiger partial charge in [0.25, 0.3) is 0 Å². The Morgan fingerprint density at radius 3 is 2.35 bits per heavy atom. The summed E-state index contributed by atoms with van der Waals surface area (Å²) in [4.78, 5) is 25.3. The number of carbonyl (C=O) groups is 2. The Balaban J connectivity index is 1.45. The fourth-order valence-corrected chi connectivity index (χ4v) is 2.86. The Kier molecular flexibility index (Phi) is 3.91. The quantitative estimate of drug-likeness (QED) is 0.807. The van der Waals surface area contributed by atoms with Gasteiger partial charge in [-0.25, -0.2) is 0 Å². The molecule has 7 nitrogen and oxygen atoms in total. The topological polar surface area (TPSA) is 85.9 Å². The van der Waals surface area contributed by atoms with Gasteiger partial charge >= 0.3 is 0 Å². The number of hydrogen-bond acceptors (Lipinski definition) is 5. The Hall–Kier alpha value is -3.22. The van der Waals surface area contributed by atoms with Crippen LogP contribution in [0, 0.1) is 5.41 Å². The normalized spacial score (nSPS) is 15.9. The molecule has 0 aromatic heterocycles. The SMILES string of the molecule is COc1cccc(NC(=O)C2(C(=O)Nc3ccc4c(c3)OCO4)CC2)c1. The summed E-state index contributed by atoms with van der Waals surface area (Å²) in [6, 6.07) is 12.2. The first-order valence-electron chi connectivity index (χ1n) is 8.27. The van der Waals surface area contributed by atoms with E-state index in [9.17, 15) is 9.59 Å². The zero-order valence-electron chi connectivity index (χ0n) is 14.2. The van der Waals surface area contributed by atoms with Gasteiger partial charge in [0.05, 0.1) is 7.11 Å². The van der Waals surface area contributed by atoms with Gasteiger partial charge in [-0.05, 0) is 37.1 Å². The first-order valence-corrected chi connectivity index (χ1v) is 8.27. The molecule has 4 rings (SSSR count). The molecule has 2 aromatic rings. The predicted octanol–water partition coefficient (Wildman–Crippen LogP) is 2.78. The Morgan fingerprint density at radius 1 is 0.962 bits per heavy atom. The van der Waals surface area contributed by atoms with Crippen molar-refractivity contribution in [2.45, 2.75) is 12.8 Å². The molecule has 7 heteroatoms. The van der Waals surface area contributed by atoms with Gasteiger partial charge in [0.15, 0.2) is 11.5 Å². The molecule has 0 spiro atoms. The summed E-state index contributed by atoms with van der Waals surface area (Å²) in [6.45, 7) is 0.166. The Bertz CT molecular complexity index is 876. The number of hydrogen-bond donors (Lipinski definition) is 2. The van der Waals surface area contributed by atoms with Crippen LogP contribution in [0.1, 0.15) is 12.8 Å². The number of amides is 2. The number of nitrogens with one attached hydrogen (secondary N) is 2. The summed E-state index contributed by atoms with van der Waals surface area (Å²) >= 11 is 0. The molecule has 2 aliphatic rings. The zero-order valence-corrected chi connectivity index (χ0v) is 14.2. The van der Waals surface area contributed by atoms with E-state index in [0.717, 1.165) is 0 Å². The van der Waals surface area contributed by atoms with Crippen molar-refractivity contribution in [3.63, 3.8) is 0 Å². The van der Waals surface area contributed by atoms with Crippen molar-refractivity contribution in [2.24, 2.45) is 5.41 Å². The number of ether oxygens (including phenoxy) is 3. The highest BCUT2D eigenvalue weighted by atomic mass is 16.7. The molecule has 2 N–H and O–H groups in total. The third-order valence-electron chi connectivity index (χ3n) is 4.58. The molecule has 0 bridgehead atoms. The lowest BCUT2D eigenvalue weighted by Gasteiger charge is -2.16. The largest absolute Gasteiger partial charge is 0.497 e. The van der Waals surface area contributed by atoms with Crippen LogP contribution in [0.15, 0.2) is 42.5 Å². The van der Waals surface area contributed by atoms with Crippen molar-refractivity contribution in [3.05, 3.63) is 42.5 Å². The van der Waals surface area contributed by atoms with Crippen LogP contribution in [0.3, 0.4) is 0 Å². The number of rotatable bonds is 5. The molecule has 26 heavy (non-hydrogen) atoms. The number of anilines is 2. The zero-order chi connectivity index (χ0) is 18.1. The Morgan fingerprint density at radius 2 is 1.65 bits per heavy atom. The minimum atomic E-state index is -1.04. The smallest absolute Gasteiger partial charge is 0.240 e. The average molecular weight is 354 g/mol. The number of fused-ring (bicyclic) bond motifs is 1. The molecule has 1 saturated carbocycles. The highest BCUT2D eigenvalue weighted by Gasteiger charge is 2.56. The van der Waals surface area contributed by atoms with Crippen LogP contribution in [-0.4, -0.2) is 25.7 Å². The molecule has 0 radical (unpaired) electrons. The Labute approximate surface area is 150 Å². The molecule has 0 atom stereocenters. The van der Waals surface area contributed by atoms with Crippen LogP contribution in [0.25, 0.3) is 0 Å². The van der Waals surface area contributed by atoms with E-state index in [-0.39, 0.29) is 18.6 Å². The second kappa shape index (κ2) is 6.25. The summed E-state index contributed by atoms with van der Waals surface area (Å²) in [5, 5.41) is 5.61. The third-order valence-corrected chi connectivity index (χ3v) is 4.58. The number of benzene rings is 2. The van der Waals surface area contributed by atoms with Gasteiger partial charge in [0.2, 0.25) is 18.6 Å². The maximum atomic E-state index is 12.7. The fourth-order valence-electron chi connectivity index (χ4n) is 2.86. The summed E-state index contributed by atoms with van der Waals surface area (Å²) in [5.41, 5.74) is 0.121. The number of methoxy groups -OCH3 is 1. The van der Waals surface area contributed by atoms with Crippen molar-refractivity contribution in [1.82, 2.24) is 0 Å². The molecule has 0 unspecified atom stereocenters. The van der Waals surface area contributed by atoms with Crippen LogP contribution in [0.5, 0.6) is 17.2 Å². The number of carbonyl (C=O) groups excluding carboxylic acids is 2. The van der Waals surface area contributed by atoms with Crippen LogP contribution in [0.4, 0.5) is 11.4 Å². The van der Waals surface area contributed by atoms with Crippen molar-refractivity contribution < 1.29 is 23.8 Å². The highest BCUT2D eigenvalue weighted by molar-refractivity contribution is 6.17. The van der Waals surface area contributed by atoms with Crippen molar-refractivity contribution in [2.75, 3.05) is 24.5 Å². The molecule has 0 saturated heterocycles. The minimum Gasteiger partial charge on any atom is -0.497 e. The van der Waals surface area contributed by atoms with Gasteiger partial charge in [0.1, 0.15) is 11.2 Å². The third kappa shape index (κ3) is 2.92. The standard InChI is InChI=1S/C19H18N2O5/c1-24-14-4-2-3-12(9-14)20-17(22)19(7-8-19)18(23)21-13-5-6-15-16(10-13)26-11-25-15/h2-6,9-10H,7-8,11H2,1H3,(H,20,22)(H,21,23). The first kappa shape index (κ1) is 16.3. The van der Waals surface area contributed by atoms with E-state index in [4.69, 9.17) is 14.2 Å². The predicted molar refractivity (Wildman–Crippen MR) is 94.5 cm³/mol. The molecule has 2 aromatic carbocycles. The van der Waals surface area contributed by atoms with Gasteiger partial charge < -0.3 is 24.8 Å². The molecule has 134 valence electrons. The van der Waals surface area contributed by atoms with E-state index in [2.05, 4.69) is 10.6 Å². The van der Waals surface area contributed by atoms with Crippen LogP contribution in [-0.2, 0) is 9.59 Å². The fraction of sp³-hybridized carbons (Fsp3) is 0.263. The summed E-state index contributed by atoms with van der Waals surface area (Å²) in [5.74, 6) is 1.21. The van der Waals surface area contributed by atoms with Crippen LogP contribution >= 0.6 is 0 Å². The highest BCUT2D eigenvalue weighted by Crippen LogP contribution is 2.48. The van der Waals surface area contributed by atoms with E-state index in [1.807, 2.05) is 0 Å². The van der Waals surface area contributed by atoms with E-state index >= 15 is 0 Å². The van der Waals surface area contributed by atoms with Crippen molar-refractivity contribution in [1.29, 1.82) is 0 Å². The van der Waals surface area contributed by atoms with Crippen LogP contribution in [0.2, 0.25) is 0 Å². The second-order valence-electron chi connectivity index (χ2n) is 6.29. The maximum Gasteiger partial charge on any atom is 0.240 e. The lowest BCUT2D eigenvalue weighted by molar-refractivity contribution is -0.131. The van der Waals surface area contributed by atoms with Gasteiger partial charge in [-0.15, -0.1) is 0 Å². The van der Waals surface area contributed by atoms with E-state index in [1.165, 1.54) is 0 Å². The molecule has 2 amide bonds. The lowest BCUT2D eigenvalue weighted by atomic mass is 10.0. The monoisotopic (exact) mass is 354 g/mol. The molecular weight excluding hydrogens is 336 g/mol. The lowest BCUT2D eigenvalue weighted by Crippen LogP contribution is -2.35. The maximum absolute atomic E-state index is 12.7. The summed E-state index contributed by atoms with van der Waals surface area (Å²) in [7, 11) is 1.56. The minimum absolute atomic E-state index is 0.166. The molecule has 1 aliphatic heterocycles. The van der Waals surface area contributed by atoms with Gasteiger partial charge in [-0.2, -0.15) is 0 Å². The van der Waals surface area contributed by atoms with E-state index in [1.54, 1.807) is 49.6 Å². The molecule has 1 heterocycles. The van der Waals surface area contributed by atoms with Crippen LogP contribution < -0.4 is 24.8 Å². The van der Waals surface area contributed by atoms with E-state index in [0.29, 0.717) is 41.5 Å². The average Bonchev–Trinajstić information content (AvgIpc) is 3.34. The summed E-state index contributed by atoms with van der Waals surface area (Å²) < 4.78 is 15.7. The second-order valence-corrected chi connectivity index (χ2v) is 6.29. The van der Waals surface area contributed by atoms with Crippen molar-refractivity contribution in [3.8, 4) is 17.2 Å². The van der Waals surface area contributed by atoms with E-state index < -0.39 is 5.41 Å². The molecule has 1 fully saturated rings. The first-order chi connectivity index (χ1) is 12.6. The molecular formula is C19H18N2O5.